The molecule has 1 aromatic rings. The van der Waals surface area contributed by atoms with E-state index >= 15 is 0 Å². The van der Waals surface area contributed by atoms with Gasteiger partial charge in [0.05, 0.1) is 0 Å². The van der Waals surface area contributed by atoms with Gasteiger partial charge in [0.2, 0.25) is 0 Å². The monoisotopic (exact) mass is 208 g/mol. The van der Waals surface area contributed by atoms with E-state index in [0.717, 1.165) is 43.9 Å². The summed E-state index contributed by atoms with van der Waals surface area (Å²) in [7, 11) is 0. The molecule has 2 rings (SSSR count). The molecule has 0 aromatic heterocycles. The highest BCUT2D eigenvalue weighted by molar-refractivity contribution is 5.27. The minimum Gasteiger partial charge on any atom is -0.314 e. The van der Waals surface area contributed by atoms with Crippen LogP contribution < -0.4 is 5.32 Å². The number of nitrogens with zero attached hydrogens (tertiary/aromatic N) is 1. The Hall–Kier alpha value is -0.930. The molecule has 1 N–H and O–H groups in total. The van der Waals surface area contributed by atoms with Crippen LogP contribution in [0.5, 0.6) is 0 Å². The van der Waals surface area contributed by atoms with Crippen LogP contribution >= 0.6 is 0 Å². The molecule has 0 unspecified atom stereocenters. The fourth-order valence-corrected chi connectivity index (χ4v) is 1.96. The summed E-state index contributed by atoms with van der Waals surface area (Å²) in [6.07, 6.45) is 0. The van der Waals surface area contributed by atoms with E-state index < -0.39 is 0 Å². The number of benzene rings is 1. The molecule has 82 valence electrons. The first-order valence-electron chi connectivity index (χ1n) is 5.44. The van der Waals surface area contributed by atoms with Crippen molar-refractivity contribution < 1.29 is 4.39 Å². The van der Waals surface area contributed by atoms with Crippen LogP contribution in [0, 0.1) is 12.7 Å². The van der Waals surface area contributed by atoms with Crippen molar-refractivity contribution in [2.45, 2.75) is 13.5 Å². The third-order valence-electron chi connectivity index (χ3n) is 2.94. The lowest BCUT2D eigenvalue weighted by Crippen LogP contribution is -2.43. The molecule has 1 aliphatic rings. The van der Waals surface area contributed by atoms with Crippen molar-refractivity contribution in [3.05, 3.63) is 35.1 Å². The molecular formula is C12H17FN2. The van der Waals surface area contributed by atoms with Gasteiger partial charge in [0, 0.05) is 38.3 Å². The van der Waals surface area contributed by atoms with Crippen LogP contribution in [0.15, 0.2) is 18.2 Å². The molecular weight excluding hydrogens is 191 g/mol. The second-order valence-corrected chi connectivity index (χ2v) is 4.06. The fourth-order valence-electron chi connectivity index (χ4n) is 1.96. The van der Waals surface area contributed by atoms with Crippen LogP contribution in [0.3, 0.4) is 0 Å². The zero-order valence-corrected chi connectivity index (χ0v) is 9.09. The smallest absolute Gasteiger partial charge is 0.127 e. The Morgan fingerprint density at radius 3 is 2.73 bits per heavy atom. The number of rotatable bonds is 2. The minimum atomic E-state index is -0.0754. The van der Waals surface area contributed by atoms with Gasteiger partial charge in [0.1, 0.15) is 5.82 Å². The summed E-state index contributed by atoms with van der Waals surface area (Å²) in [6.45, 7) is 6.74. The maximum Gasteiger partial charge on any atom is 0.127 e. The van der Waals surface area contributed by atoms with E-state index in [-0.39, 0.29) is 5.82 Å². The Morgan fingerprint density at radius 1 is 1.33 bits per heavy atom. The lowest BCUT2D eigenvalue weighted by Gasteiger charge is -2.27. The van der Waals surface area contributed by atoms with Crippen molar-refractivity contribution >= 4 is 0 Å². The minimum absolute atomic E-state index is 0.0754. The molecule has 1 heterocycles. The predicted octanol–water partition coefficient (Wildman–Crippen LogP) is 1.54. The predicted molar refractivity (Wildman–Crippen MR) is 59.3 cm³/mol. The molecule has 3 heteroatoms. The molecule has 1 aromatic carbocycles. The number of halogens is 1. The van der Waals surface area contributed by atoms with E-state index in [9.17, 15) is 4.39 Å². The standard InChI is InChI=1S/C12H17FN2/c1-10-3-2-4-12(13)11(10)9-15-7-5-14-6-8-15/h2-4,14H,5-9H2,1H3. The van der Waals surface area contributed by atoms with Gasteiger partial charge in [-0.25, -0.2) is 4.39 Å². The summed E-state index contributed by atoms with van der Waals surface area (Å²) in [4.78, 5) is 2.29. The van der Waals surface area contributed by atoms with Crippen molar-refractivity contribution in [1.82, 2.24) is 10.2 Å². The number of nitrogens with one attached hydrogen (secondary N) is 1. The van der Waals surface area contributed by atoms with Gasteiger partial charge in [-0.15, -0.1) is 0 Å². The highest BCUT2D eigenvalue weighted by Gasteiger charge is 2.13. The average molecular weight is 208 g/mol. The van der Waals surface area contributed by atoms with Crippen LogP contribution in [0.4, 0.5) is 4.39 Å². The van der Waals surface area contributed by atoms with Crippen LogP contribution in [-0.4, -0.2) is 31.1 Å². The van der Waals surface area contributed by atoms with Gasteiger partial charge in [-0.2, -0.15) is 0 Å². The van der Waals surface area contributed by atoms with Gasteiger partial charge in [0.25, 0.3) is 0 Å². The first kappa shape index (κ1) is 10.6. The van der Waals surface area contributed by atoms with Crippen molar-refractivity contribution in [3.8, 4) is 0 Å². The van der Waals surface area contributed by atoms with E-state index in [1.54, 1.807) is 12.1 Å². The summed E-state index contributed by atoms with van der Waals surface area (Å²) in [5.41, 5.74) is 1.90. The van der Waals surface area contributed by atoms with Crippen molar-refractivity contribution in [2.24, 2.45) is 0 Å². The normalized spacial score (nSPS) is 18.0. The summed E-state index contributed by atoms with van der Waals surface area (Å²) in [5, 5.41) is 3.29. The number of hydrogen-bond donors (Lipinski definition) is 1. The molecule has 0 amide bonds. The van der Waals surface area contributed by atoms with Crippen molar-refractivity contribution in [1.29, 1.82) is 0 Å². The largest absolute Gasteiger partial charge is 0.314 e. The van der Waals surface area contributed by atoms with Crippen LogP contribution in [-0.2, 0) is 6.54 Å². The summed E-state index contributed by atoms with van der Waals surface area (Å²) < 4.78 is 13.6. The third-order valence-corrected chi connectivity index (χ3v) is 2.94. The molecule has 0 radical (unpaired) electrons. The molecule has 1 aliphatic heterocycles. The van der Waals surface area contributed by atoms with E-state index in [1.807, 2.05) is 13.0 Å². The zero-order chi connectivity index (χ0) is 10.7. The summed E-state index contributed by atoms with van der Waals surface area (Å²) in [5.74, 6) is -0.0754. The molecule has 0 bridgehead atoms. The van der Waals surface area contributed by atoms with Gasteiger partial charge in [-0.05, 0) is 18.6 Å². The number of aryl methyl sites for hydroxylation is 1. The van der Waals surface area contributed by atoms with Gasteiger partial charge in [0.15, 0.2) is 0 Å². The second kappa shape index (κ2) is 4.73. The van der Waals surface area contributed by atoms with Crippen molar-refractivity contribution in [3.63, 3.8) is 0 Å². The van der Waals surface area contributed by atoms with Gasteiger partial charge in [-0.1, -0.05) is 12.1 Å². The lowest BCUT2D eigenvalue weighted by atomic mass is 10.1. The maximum atomic E-state index is 13.6. The molecule has 1 saturated heterocycles. The molecule has 0 aliphatic carbocycles. The molecule has 15 heavy (non-hydrogen) atoms. The molecule has 0 spiro atoms. The van der Waals surface area contributed by atoms with E-state index in [0.29, 0.717) is 0 Å². The Kier molecular flexibility index (Phi) is 3.34. The van der Waals surface area contributed by atoms with Crippen LogP contribution in [0.2, 0.25) is 0 Å². The topological polar surface area (TPSA) is 15.3 Å². The van der Waals surface area contributed by atoms with Crippen LogP contribution in [0.25, 0.3) is 0 Å². The van der Waals surface area contributed by atoms with Gasteiger partial charge < -0.3 is 5.32 Å². The Labute approximate surface area is 90.1 Å². The quantitative estimate of drug-likeness (QED) is 0.793. The Balaban J connectivity index is 2.09. The third kappa shape index (κ3) is 2.55. The fraction of sp³-hybridized carbons (Fsp3) is 0.500. The number of piperazine rings is 1. The van der Waals surface area contributed by atoms with E-state index in [4.69, 9.17) is 0 Å². The number of hydrogen-bond acceptors (Lipinski definition) is 2. The van der Waals surface area contributed by atoms with E-state index in [1.165, 1.54) is 0 Å². The Bertz CT molecular complexity index is 312. The molecule has 2 nitrogen and oxygen atoms in total. The van der Waals surface area contributed by atoms with Gasteiger partial charge in [-0.3, -0.25) is 4.90 Å². The van der Waals surface area contributed by atoms with Gasteiger partial charge >= 0.3 is 0 Å². The zero-order valence-electron chi connectivity index (χ0n) is 9.09. The Morgan fingerprint density at radius 2 is 2.07 bits per heavy atom. The molecule has 0 atom stereocenters. The van der Waals surface area contributed by atoms with E-state index in [2.05, 4.69) is 10.2 Å². The van der Waals surface area contributed by atoms with Crippen molar-refractivity contribution in [2.75, 3.05) is 26.2 Å². The van der Waals surface area contributed by atoms with Crippen LogP contribution in [0.1, 0.15) is 11.1 Å². The maximum absolute atomic E-state index is 13.6. The lowest BCUT2D eigenvalue weighted by molar-refractivity contribution is 0.230. The SMILES string of the molecule is Cc1cccc(F)c1CN1CCNCC1. The first-order chi connectivity index (χ1) is 7.27. The summed E-state index contributed by atoms with van der Waals surface area (Å²) >= 11 is 0. The summed E-state index contributed by atoms with van der Waals surface area (Å²) in [6, 6.07) is 5.29. The second-order valence-electron chi connectivity index (χ2n) is 4.06. The average Bonchev–Trinajstić information content (AvgIpc) is 2.25. The highest BCUT2D eigenvalue weighted by Crippen LogP contribution is 2.15. The molecule has 0 saturated carbocycles. The highest BCUT2D eigenvalue weighted by atomic mass is 19.1. The molecule has 1 fully saturated rings. The first-order valence-corrected chi connectivity index (χ1v) is 5.44.